The first-order valence-electron chi connectivity index (χ1n) is 6.11. The number of ketones is 1. The Hall–Kier alpha value is -2.14. The third kappa shape index (κ3) is 2.58. The molecule has 0 aliphatic heterocycles. The molecule has 0 atom stereocenters. The minimum Gasteiger partial charge on any atom is -0.306 e. The van der Waals surface area contributed by atoms with Crippen molar-refractivity contribution in [2.45, 2.75) is 6.42 Å². The van der Waals surface area contributed by atoms with Gasteiger partial charge in [-0.2, -0.15) is 0 Å². The maximum absolute atomic E-state index is 12.3. The normalized spacial score (nSPS) is 10.8. The number of fused-ring (bicyclic) bond motifs is 1. The maximum Gasteiger partial charge on any atom is 0.323 e. The van der Waals surface area contributed by atoms with E-state index < -0.39 is 0 Å². The number of hydrogen-bond donors (Lipinski definition) is 2. The fraction of sp³-hybridized carbons (Fsp3) is 0.0667. The fourth-order valence-corrected chi connectivity index (χ4v) is 2.59. The average molecular weight is 331 g/mol. The standard InChI is InChI=1S/C15H11BrN2O2/c16-11-3-1-2-9(6-11)7-14(19)10-4-5-12-13(8-10)18-15(20)17-12/h1-6,8H,7H2,(H2,17,18,20). The van der Waals surface area contributed by atoms with Gasteiger partial charge in [0.05, 0.1) is 11.0 Å². The molecule has 0 bridgehead atoms. The lowest BCUT2D eigenvalue weighted by Gasteiger charge is -2.02. The van der Waals surface area contributed by atoms with E-state index >= 15 is 0 Å². The number of Topliss-reactive ketones (excluding diaryl/α,β-unsaturated/α-hetero) is 1. The number of aromatic nitrogens is 2. The summed E-state index contributed by atoms with van der Waals surface area (Å²) in [6.07, 6.45) is 0.333. The Balaban J connectivity index is 1.90. The Labute approximate surface area is 123 Å². The lowest BCUT2D eigenvalue weighted by molar-refractivity contribution is 0.0993. The second-order valence-corrected chi connectivity index (χ2v) is 5.49. The molecule has 0 saturated heterocycles. The highest BCUT2D eigenvalue weighted by molar-refractivity contribution is 9.10. The van der Waals surface area contributed by atoms with Crippen LogP contribution in [0.4, 0.5) is 0 Å². The van der Waals surface area contributed by atoms with Crippen LogP contribution in [0.2, 0.25) is 0 Å². The summed E-state index contributed by atoms with van der Waals surface area (Å²) in [4.78, 5) is 28.8. The lowest BCUT2D eigenvalue weighted by Crippen LogP contribution is -2.03. The molecule has 3 aromatic rings. The Morgan fingerprint density at radius 3 is 2.65 bits per heavy atom. The van der Waals surface area contributed by atoms with Crippen molar-refractivity contribution in [3.05, 3.63) is 68.5 Å². The summed E-state index contributed by atoms with van der Waals surface area (Å²) >= 11 is 3.39. The monoisotopic (exact) mass is 330 g/mol. The second kappa shape index (κ2) is 5.09. The fourth-order valence-electron chi connectivity index (χ4n) is 2.14. The Morgan fingerprint density at radius 1 is 1.05 bits per heavy atom. The number of aromatic amines is 2. The highest BCUT2D eigenvalue weighted by Gasteiger charge is 2.09. The average Bonchev–Trinajstić information content (AvgIpc) is 2.77. The van der Waals surface area contributed by atoms with E-state index in [9.17, 15) is 9.59 Å². The zero-order chi connectivity index (χ0) is 14.1. The van der Waals surface area contributed by atoms with Crippen LogP contribution in [0.15, 0.2) is 51.7 Å². The number of benzene rings is 2. The minimum absolute atomic E-state index is 0.0204. The van der Waals surface area contributed by atoms with Gasteiger partial charge in [-0.05, 0) is 35.9 Å². The summed E-state index contributed by atoms with van der Waals surface area (Å²) in [6.45, 7) is 0. The van der Waals surface area contributed by atoms with Crippen LogP contribution < -0.4 is 5.69 Å². The summed E-state index contributed by atoms with van der Waals surface area (Å²) in [6, 6.07) is 12.8. The highest BCUT2D eigenvalue weighted by atomic mass is 79.9. The van der Waals surface area contributed by atoms with Gasteiger partial charge >= 0.3 is 5.69 Å². The van der Waals surface area contributed by atoms with Crippen molar-refractivity contribution in [1.82, 2.24) is 9.97 Å². The van der Waals surface area contributed by atoms with E-state index in [0.29, 0.717) is 23.0 Å². The second-order valence-electron chi connectivity index (χ2n) is 4.57. The van der Waals surface area contributed by atoms with Crippen LogP contribution >= 0.6 is 15.9 Å². The van der Waals surface area contributed by atoms with Crippen LogP contribution in [0.25, 0.3) is 11.0 Å². The molecule has 0 saturated carbocycles. The predicted molar refractivity (Wildman–Crippen MR) is 81.1 cm³/mol. The van der Waals surface area contributed by atoms with Crippen molar-refractivity contribution < 1.29 is 4.79 Å². The molecule has 20 heavy (non-hydrogen) atoms. The first kappa shape index (κ1) is 12.9. The van der Waals surface area contributed by atoms with Crippen LogP contribution in [0.1, 0.15) is 15.9 Å². The van der Waals surface area contributed by atoms with E-state index in [2.05, 4.69) is 25.9 Å². The minimum atomic E-state index is -0.267. The van der Waals surface area contributed by atoms with Crippen molar-refractivity contribution >= 4 is 32.7 Å². The molecule has 0 radical (unpaired) electrons. The first-order valence-corrected chi connectivity index (χ1v) is 6.91. The summed E-state index contributed by atoms with van der Waals surface area (Å²) in [5.74, 6) is 0.0204. The number of imidazole rings is 1. The van der Waals surface area contributed by atoms with Gasteiger partial charge in [0.1, 0.15) is 0 Å². The molecule has 5 heteroatoms. The van der Waals surface area contributed by atoms with Gasteiger partial charge in [-0.3, -0.25) is 4.79 Å². The van der Waals surface area contributed by atoms with Gasteiger partial charge in [-0.15, -0.1) is 0 Å². The topological polar surface area (TPSA) is 65.7 Å². The third-order valence-electron chi connectivity index (χ3n) is 3.09. The first-order chi connectivity index (χ1) is 9.61. The molecule has 1 heterocycles. The molecule has 2 aromatic carbocycles. The molecule has 100 valence electrons. The molecule has 0 fully saturated rings. The third-order valence-corrected chi connectivity index (χ3v) is 3.58. The van der Waals surface area contributed by atoms with Gasteiger partial charge in [-0.25, -0.2) is 4.79 Å². The van der Waals surface area contributed by atoms with E-state index in [1.54, 1.807) is 18.2 Å². The quantitative estimate of drug-likeness (QED) is 0.725. The molecule has 3 rings (SSSR count). The van der Waals surface area contributed by atoms with Crippen molar-refractivity contribution in [2.24, 2.45) is 0 Å². The molecule has 0 aliphatic rings. The van der Waals surface area contributed by atoms with E-state index in [1.807, 2.05) is 24.3 Å². The smallest absolute Gasteiger partial charge is 0.306 e. The van der Waals surface area contributed by atoms with Crippen LogP contribution in [0, 0.1) is 0 Å². The van der Waals surface area contributed by atoms with Gasteiger partial charge in [0.25, 0.3) is 0 Å². The molecule has 0 amide bonds. The molecule has 0 aliphatic carbocycles. The zero-order valence-corrected chi connectivity index (χ0v) is 12.0. The molecule has 1 aromatic heterocycles. The van der Waals surface area contributed by atoms with Crippen LogP contribution in [-0.2, 0) is 6.42 Å². The van der Waals surface area contributed by atoms with Gasteiger partial charge in [0.15, 0.2) is 5.78 Å². The number of halogens is 1. The van der Waals surface area contributed by atoms with E-state index in [1.165, 1.54) is 0 Å². The number of carbonyl (C=O) groups is 1. The summed E-state index contributed by atoms with van der Waals surface area (Å²) < 4.78 is 0.952. The van der Waals surface area contributed by atoms with E-state index in [-0.39, 0.29) is 11.5 Å². The SMILES string of the molecule is O=C(Cc1cccc(Br)c1)c1ccc2[nH]c(=O)[nH]c2c1. The summed E-state index contributed by atoms with van der Waals surface area (Å²) in [5.41, 5.74) is 2.63. The molecular weight excluding hydrogens is 320 g/mol. The number of rotatable bonds is 3. The summed E-state index contributed by atoms with van der Waals surface area (Å²) in [7, 11) is 0. The molecular formula is C15H11BrN2O2. The van der Waals surface area contributed by atoms with Gasteiger partial charge in [-0.1, -0.05) is 28.1 Å². The molecule has 0 unspecified atom stereocenters. The molecule has 4 nitrogen and oxygen atoms in total. The van der Waals surface area contributed by atoms with Crippen molar-refractivity contribution in [1.29, 1.82) is 0 Å². The van der Waals surface area contributed by atoms with Gasteiger partial charge in [0, 0.05) is 16.5 Å². The number of hydrogen-bond acceptors (Lipinski definition) is 2. The maximum atomic E-state index is 12.3. The Morgan fingerprint density at radius 2 is 1.85 bits per heavy atom. The zero-order valence-electron chi connectivity index (χ0n) is 10.4. The number of carbonyl (C=O) groups excluding carboxylic acids is 1. The number of H-pyrrole nitrogens is 2. The number of nitrogens with one attached hydrogen (secondary N) is 2. The van der Waals surface area contributed by atoms with Gasteiger partial charge in [0.2, 0.25) is 0 Å². The van der Waals surface area contributed by atoms with Crippen LogP contribution in [0.3, 0.4) is 0 Å². The van der Waals surface area contributed by atoms with Crippen molar-refractivity contribution in [3.8, 4) is 0 Å². The van der Waals surface area contributed by atoms with Gasteiger partial charge < -0.3 is 9.97 Å². The highest BCUT2D eigenvalue weighted by Crippen LogP contribution is 2.16. The molecule has 0 spiro atoms. The Kier molecular flexibility index (Phi) is 3.28. The van der Waals surface area contributed by atoms with Crippen LogP contribution in [-0.4, -0.2) is 15.8 Å². The van der Waals surface area contributed by atoms with Crippen molar-refractivity contribution in [3.63, 3.8) is 0 Å². The predicted octanol–water partition coefficient (Wildman–Crippen LogP) is 3.04. The molecule has 2 N–H and O–H groups in total. The largest absolute Gasteiger partial charge is 0.323 e. The van der Waals surface area contributed by atoms with E-state index in [0.717, 1.165) is 10.0 Å². The Bertz CT molecular complexity index is 848. The van der Waals surface area contributed by atoms with Crippen LogP contribution in [0.5, 0.6) is 0 Å². The lowest BCUT2D eigenvalue weighted by atomic mass is 10.0. The van der Waals surface area contributed by atoms with E-state index in [4.69, 9.17) is 0 Å². The summed E-state index contributed by atoms with van der Waals surface area (Å²) in [5, 5.41) is 0. The van der Waals surface area contributed by atoms with Crippen molar-refractivity contribution in [2.75, 3.05) is 0 Å².